The van der Waals surface area contributed by atoms with Crippen LogP contribution in [-0.4, -0.2) is 65.7 Å². The van der Waals surface area contributed by atoms with Gasteiger partial charge in [0.05, 0.1) is 40.7 Å². The lowest BCUT2D eigenvalue weighted by Crippen LogP contribution is -2.50. The molecule has 5 aromatic carbocycles. The lowest BCUT2D eigenvalue weighted by molar-refractivity contribution is -0.384. The number of carbonyl (C=O) groups excluding carboxylic acids is 4. The number of benzene rings is 5. The highest BCUT2D eigenvalue weighted by molar-refractivity contribution is 6.12. The number of hydrogen-bond donors (Lipinski definition) is 2. The van der Waals surface area contributed by atoms with Crippen LogP contribution in [0.3, 0.4) is 0 Å². The highest BCUT2D eigenvalue weighted by atomic mass is 16.6. The van der Waals surface area contributed by atoms with Gasteiger partial charge in [0.2, 0.25) is 0 Å². The summed E-state index contributed by atoms with van der Waals surface area (Å²) in [4.78, 5) is 68.9. The fourth-order valence-electron chi connectivity index (χ4n) is 8.87. The molecular formula is C57H71N5O10. The van der Waals surface area contributed by atoms with Gasteiger partial charge in [-0.3, -0.25) is 34.4 Å². The van der Waals surface area contributed by atoms with Crippen LogP contribution < -0.4 is 24.7 Å². The second-order valence-electron chi connectivity index (χ2n) is 18.9. The quantitative estimate of drug-likeness (QED) is 0.0211. The number of carbonyl (C=O) groups is 4. The number of rotatable bonds is 28. The van der Waals surface area contributed by atoms with Gasteiger partial charge in [-0.05, 0) is 56.2 Å². The van der Waals surface area contributed by atoms with Gasteiger partial charge in [-0.1, -0.05) is 158 Å². The van der Waals surface area contributed by atoms with Crippen molar-refractivity contribution in [2.45, 2.75) is 130 Å². The largest absolute Gasteiger partial charge is 0.506 e. The molecule has 0 spiro atoms. The van der Waals surface area contributed by atoms with Crippen LogP contribution in [0.4, 0.5) is 27.5 Å². The average Bonchev–Trinajstić information content (AvgIpc) is 3.66. The van der Waals surface area contributed by atoms with Crippen LogP contribution in [0.2, 0.25) is 0 Å². The fourth-order valence-corrected chi connectivity index (χ4v) is 8.87. The number of phenolic OH excluding ortho intramolecular Hbond substituents is 1. The smallest absolute Gasteiger partial charge is 0.350 e. The molecule has 1 aliphatic rings. The van der Waals surface area contributed by atoms with E-state index in [1.165, 1.54) is 88.0 Å². The van der Waals surface area contributed by atoms with Crippen molar-refractivity contribution in [2.75, 3.05) is 42.0 Å². The molecule has 4 amide bonds. The van der Waals surface area contributed by atoms with Crippen LogP contribution >= 0.6 is 0 Å². The molecule has 1 heterocycles. The first kappa shape index (κ1) is 54.2. The summed E-state index contributed by atoms with van der Waals surface area (Å²) in [6.45, 7) is 6.13. The Kier molecular flexibility index (Phi) is 20.2. The summed E-state index contributed by atoms with van der Waals surface area (Å²) in [5.74, 6) is -1.50. The SMILES string of the molecule is CCCCCCCCCCCCCCOc1ccccc1NC(=O)c1cc(Oc2ccc([N+](=O)[O-])cc2N(C)C(=O)N2C(=O)C(C)(COC(=O)CCCCCC)CN2c2ccccc2)c2ccccc2c1O. The zero-order chi connectivity index (χ0) is 51.5. The lowest BCUT2D eigenvalue weighted by Gasteiger charge is -2.31. The standard InChI is InChI=1S/C57H71N5O10/c1-5-7-9-11-12-13-14-15-16-17-18-27-37-70-49-33-26-25-32-47(49)58-54(65)46-39-51(44-30-23-24-31-45(44)53(46)64)72-50-36-35-43(62(68)69)38-48(50)59(4)56(67)61-55(66)57(3,40-60(61)42-28-20-19-21-29-42)41-71-52(63)34-22-10-8-6-2/h19-21,23-26,28-33,35-36,38-39,64H,5-18,22,27,34,37,40-41H2,1-4H3,(H,58,65). The third-order valence-corrected chi connectivity index (χ3v) is 13.1. The number of unbranched alkanes of at least 4 members (excludes halogenated alkanes) is 14. The second kappa shape index (κ2) is 26.9. The maximum Gasteiger partial charge on any atom is 0.350 e. The Morgan fingerprint density at radius 1 is 0.736 bits per heavy atom. The second-order valence-corrected chi connectivity index (χ2v) is 18.9. The number of hydrazine groups is 1. The van der Waals surface area contributed by atoms with Gasteiger partial charge in [-0.25, -0.2) is 4.79 Å². The number of non-ortho nitro benzene ring substituents is 1. The number of para-hydroxylation sites is 3. The number of nitrogens with one attached hydrogen (secondary N) is 1. The summed E-state index contributed by atoms with van der Waals surface area (Å²) in [6.07, 6.45) is 18.4. The maximum absolute atomic E-state index is 14.8. The van der Waals surface area contributed by atoms with Crippen molar-refractivity contribution in [1.82, 2.24) is 5.01 Å². The molecule has 72 heavy (non-hydrogen) atoms. The summed E-state index contributed by atoms with van der Waals surface area (Å²) in [7, 11) is 1.36. The predicted octanol–water partition coefficient (Wildman–Crippen LogP) is 13.9. The van der Waals surface area contributed by atoms with E-state index in [1.54, 1.807) is 79.7 Å². The zero-order valence-corrected chi connectivity index (χ0v) is 42.4. The van der Waals surface area contributed by atoms with Crippen molar-refractivity contribution >= 4 is 57.3 Å². The van der Waals surface area contributed by atoms with E-state index >= 15 is 0 Å². The number of nitro benzene ring substituents is 1. The molecule has 1 unspecified atom stereocenters. The minimum Gasteiger partial charge on any atom is -0.506 e. The van der Waals surface area contributed by atoms with Gasteiger partial charge >= 0.3 is 12.0 Å². The predicted molar refractivity (Wildman–Crippen MR) is 282 cm³/mol. The van der Waals surface area contributed by atoms with Gasteiger partial charge in [0.25, 0.3) is 17.5 Å². The van der Waals surface area contributed by atoms with Crippen LogP contribution in [0.5, 0.6) is 23.0 Å². The first-order chi connectivity index (χ1) is 34.9. The molecule has 0 saturated carbocycles. The fraction of sp³-hybridized carbons (Fsp3) is 0.439. The zero-order valence-electron chi connectivity index (χ0n) is 42.4. The molecule has 0 aliphatic carbocycles. The third kappa shape index (κ3) is 14.3. The molecule has 0 aromatic heterocycles. The molecule has 6 rings (SSSR count). The molecule has 0 radical (unpaired) electrons. The number of hydrogen-bond acceptors (Lipinski definition) is 11. The van der Waals surface area contributed by atoms with Crippen LogP contribution in [0.25, 0.3) is 10.8 Å². The minimum atomic E-state index is -1.34. The Morgan fingerprint density at radius 3 is 2.00 bits per heavy atom. The number of nitrogens with zero attached hydrogens (tertiary/aromatic N) is 4. The molecule has 384 valence electrons. The number of phenols is 1. The Hall–Kier alpha value is -7.16. The molecule has 15 heteroatoms. The van der Waals surface area contributed by atoms with Gasteiger partial charge in [0.1, 0.15) is 29.3 Å². The van der Waals surface area contributed by atoms with Crippen LogP contribution in [0.1, 0.15) is 140 Å². The number of aromatic hydroxyl groups is 1. The number of esters is 1. The van der Waals surface area contributed by atoms with Crippen LogP contribution in [-0.2, 0) is 14.3 Å². The van der Waals surface area contributed by atoms with Crippen molar-refractivity contribution < 1.29 is 43.4 Å². The Balaban J connectivity index is 1.20. The monoisotopic (exact) mass is 986 g/mol. The Labute approximate surface area is 423 Å². The molecule has 1 saturated heterocycles. The molecule has 1 fully saturated rings. The number of urea groups is 1. The molecule has 0 bridgehead atoms. The van der Waals surface area contributed by atoms with E-state index in [9.17, 15) is 34.4 Å². The molecule has 1 aliphatic heterocycles. The summed E-state index contributed by atoms with van der Waals surface area (Å²) < 4.78 is 18.3. The van der Waals surface area contributed by atoms with E-state index in [2.05, 4.69) is 19.2 Å². The van der Waals surface area contributed by atoms with Crippen molar-refractivity contribution in [2.24, 2.45) is 5.41 Å². The number of ether oxygens (including phenoxy) is 3. The Bertz CT molecular complexity index is 2630. The number of nitro groups is 1. The van der Waals surface area contributed by atoms with Gasteiger partial charge in [0, 0.05) is 36.4 Å². The summed E-state index contributed by atoms with van der Waals surface area (Å²) in [5, 5.41) is 29.8. The van der Waals surface area contributed by atoms with E-state index < -0.39 is 34.2 Å². The lowest BCUT2D eigenvalue weighted by atomic mass is 9.92. The number of fused-ring (bicyclic) bond motifs is 1. The topological polar surface area (TPSA) is 181 Å². The van der Waals surface area contributed by atoms with Crippen molar-refractivity contribution in [3.63, 3.8) is 0 Å². The normalized spacial score (nSPS) is 14.4. The summed E-state index contributed by atoms with van der Waals surface area (Å²) in [5.41, 5.74) is -0.997. The molecule has 15 nitrogen and oxygen atoms in total. The summed E-state index contributed by atoms with van der Waals surface area (Å²) >= 11 is 0. The molecular weight excluding hydrogens is 915 g/mol. The van der Waals surface area contributed by atoms with E-state index in [4.69, 9.17) is 14.2 Å². The van der Waals surface area contributed by atoms with E-state index in [1.807, 2.05) is 6.07 Å². The average molecular weight is 986 g/mol. The van der Waals surface area contributed by atoms with Gasteiger partial charge in [-0.2, -0.15) is 5.01 Å². The maximum atomic E-state index is 14.8. The van der Waals surface area contributed by atoms with Gasteiger partial charge < -0.3 is 24.6 Å². The van der Waals surface area contributed by atoms with Crippen LogP contribution in [0.15, 0.2) is 103 Å². The van der Waals surface area contributed by atoms with Gasteiger partial charge in [-0.15, -0.1) is 0 Å². The first-order valence-electron chi connectivity index (χ1n) is 25.7. The third-order valence-electron chi connectivity index (χ3n) is 13.1. The van der Waals surface area contributed by atoms with E-state index in [0.717, 1.165) is 54.5 Å². The number of amides is 4. The number of anilines is 3. The highest BCUT2D eigenvalue weighted by Gasteiger charge is 2.52. The van der Waals surface area contributed by atoms with Crippen LogP contribution in [0, 0.1) is 15.5 Å². The Morgan fingerprint density at radius 2 is 1.33 bits per heavy atom. The molecule has 5 aromatic rings. The van der Waals surface area contributed by atoms with E-state index in [-0.39, 0.29) is 59.1 Å². The molecule has 2 N–H and O–H groups in total. The van der Waals surface area contributed by atoms with E-state index in [0.29, 0.717) is 35.5 Å². The highest BCUT2D eigenvalue weighted by Crippen LogP contribution is 2.43. The first-order valence-corrected chi connectivity index (χ1v) is 25.7. The minimum absolute atomic E-state index is 0.0167. The summed E-state index contributed by atoms with van der Waals surface area (Å²) in [6, 6.07) is 26.8. The van der Waals surface area contributed by atoms with Crippen molar-refractivity contribution in [1.29, 1.82) is 0 Å². The molecule has 1 atom stereocenters. The van der Waals surface area contributed by atoms with Crippen molar-refractivity contribution in [3.8, 4) is 23.0 Å². The van der Waals surface area contributed by atoms with Gasteiger partial charge in [0.15, 0.2) is 5.75 Å². The number of imide groups is 1. The van der Waals surface area contributed by atoms with Crippen molar-refractivity contribution in [3.05, 3.63) is 119 Å².